The maximum Gasteiger partial charge on any atom is 0.294 e. The summed E-state index contributed by atoms with van der Waals surface area (Å²) in [5.74, 6) is 0. The number of nitrogens with zero attached hydrogens (tertiary/aromatic N) is 4. The van der Waals surface area contributed by atoms with E-state index in [1.807, 2.05) is 60.9 Å². The Kier molecular flexibility index (Phi) is 4.77. The number of aromatic nitrogens is 1. The summed E-state index contributed by atoms with van der Waals surface area (Å²) in [5, 5.41) is 11.8. The lowest BCUT2D eigenvalue weighted by molar-refractivity contribution is -0.384. The molecule has 0 atom stereocenters. The molecule has 0 aliphatic carbocycles. The van der Waals surface area contributed by atoms with Gasteiger partial charge in [0.05, 0.1) is 10.6 Å². The SMILES string of the molecule is Cc1ccc(C)n1-c1ccc(N2CCN(c3ccccc3)CC2)c([N+](=O)[O-])c1. The Morgan fingerprint density at radius 3 is 2.00 bits per heavy atom. The first kappa shape index (κ1) is 18.1. The van der Waals surface area contributed by atoms with Gasteiger partial charge in [0.1, 0.15) is 5.69 Å². The number of benzene rings is 2. The van der Waals surface area contributed by atoms with Gasteiger partial charge in [-0.05, 0) is 50.2 Å². The van der Waals surface area contributed by atoms with Crippen LogP contribution in [-0.4, -0.2) is 35.7 Å². The lowest BCUT2D eigenvalue weighted by Crippen LogP contribution is -2.46. The molecule has 0 N–H and O–H groups in total. The quantitative estimate of drug-likeness (QED) is 0.502. The molecule has 4 rings (SSSR count). The molecule has 2 aromatic carbocycles. The molecule has 144 valence electrons. The molecule has 1 saturated heterocycles. The molecular weight excluding hydrogens is 352 g/mol. The molecule has 1 aliphatic heterocycles. The Labute approximate surface area is 164 Å². The molecule has 1 fully saturated rings. The summed E-state index contributed by atoms with van der Waals surface area (Å²) >= 11 is 0. The average molecular weight is 376 g/mol. The number of para-hydroxylation sites is 1. The third-order valence-corrected chi connectivity index (χ3v) is 5.43. The zero-order chi connectivity index (χ0) is 19.7. The van der Waals surface area contributed by atoms with E-state index in [-0.39, 0.29) is 10.6 Å². The summed E-state index contributed by atoms with van der Waals surface area (Å²) in [4.78, 5) is 16.0. The van der Waals surface area contributed by atoms with E-state index in [1.54, 1.807) is 6.07 Å². The normalized spacial score (nSPS) is 14.4. The van der Waals surface area contributed by atoms with E-state index < -0.39 is 0 Å². The van der Waals surface area contributed by atoms with Crippen molar-refractivity contribution in [3.63, 3.8) is 0 Å². The molecule has 0 saturated carbocycles. The van der Waals surface area contributed by atoms with Crippen LogP contribution in [0.3, 0.4) is 0 Å². The van der Waals surface area contributed by atoms with Crippen LogP contribution in [0.2, 0.25) is 0 Å². The monoisotopic (exact) mass is 376 g/mol. The number of nitro groups is 1. The third-order valence-electron chi connectivity index (χ3n) is 5.43. The maximum absolute atomic E-state index is 11.8. The molecule has 6 nitrogen and oxygen atoms in total. The van der Waals surface area contributed by atoms with Gasteiger partial charge in [-0.25, -0.2) is 0 Å². The van der Waals surface area contributed by atoms with Crippen LogP contribution in [0.25, 0.3) is 5.69 Å². The molecule has 0 spiro atoms. The van der Waals surface area contributed by atoms with E-state index in [0.29, 0.717) is 5.69 Å². The van der Waals surface area contributed by atoms with Crippen molar-refractivity contribution < 1.29 is 4.92 Å². The highest BCUT2D eigenvalue weighted by Crippen LogP contribution is 2.32. The summed E-state index contributed by atoms with van der Waals surface area (Å²) in [6.07, 6.45) is 0. The third kappa shape index (κ3) is 3.33. The fraction of sp³-hybridized carbons (Fsp3) is 0.273. The van der Waals surface area contributed by atoms with Gasteiger partial charge in [0.25, 0.3) is 5.69 Å². The molecule has 1 aliphatic rings. The van der Waals surface area contributed by atoms with Gasteiger partial charge in [-0.1, -0.05) is 18.2 Å². The summed E-state index contributed by atoms with van der Waals surface area (Å²) in [6.45, 7) is 7.23. The minimum Gasteiger partial charge on any atom is -0.368 e. The van der Waals surface area contributed by atoms with E-state index in [0.717, 1.165) is 43.3 Å². The number of piperazine rings is 1. The van der Waals surface area contributed by atoms with E-state index >= 15 is 0 Å². The first-order chi connectivity index (χ1) is 13.5. The Bertz CT molecular complexity index is 970. The van der Waals surface area contributed by atoms with Crippen LogP contribution in [0, 0.1) is 24.0 Å². The largest absolute Gasteiger partial charge is 0.368 e. The van der Waals surface area contributed by atoms with Crippen molar-refractivity contribution in [1.29, 1.82) is 0 Å². The second-order valence-electron chi connectivity index (χ2n) is 7.19. The Morgan fingerprint density at radius 1 is 0.786 bits per heavy atom. The topological polar surface area (TPSA) is 54.5 Å². The van der Waals surface area contributed by atoms with E-state index in [1.165, 1.54) is 5.69 Å². The van der Waals surface area contributed by atoms with Crippen LogP contribution in [0.5, 0.6) is 0 Å². The van der Waals surface area contributed by atoms with Gasteiger partial charge >= 0.3 is 0 Å². The number of hydrogen-bond acceptors (Lipinski definition) is 4. The van der Waals surface area contributed by atoms with Gasteiger partial charge in [-0.2, -0.15) is 0 Å². The summed E-state index contributed by atoms with van der Waals surface area (Å²) < 4.78 is 2.05. The molecular formula is C22H24N4O2. The minimum absolute atomic E-state index is 0.165. The highest BCUT2D eigenvalue weighted by molar-refractivity contribution is 5.68. The lowest BCUT2D eigenvalue weighted by atomic mass is 10.1. The summed E-state index contributed by atoms with van der Waals surface area (Å²) in [5.41, 5.74) is 5.03. The number of rotatable bonds is 4. The van der Waals surface area contributed by atoms with Gasteiger partial charge in [-0.3, -0.25) is 10.1 Å². The molecule has 3 aromatic rings. The van der Waals surface area contributed by atoms with Crippen LogP contribution in [-0.2, 0) is 0 Å². The highest BCUT2D eigenvalue weighted by atomic mass is 16.6. The predicted octanol–water partition coefficient (Wildman–Crippen LogP) is 4.33. The first-order valence-electron chi connectivity index (χ1n) is 9.53. The van der Waals surface area contributed by atoms with Gasteiger partial charge in [0, 0.05) is 49.3 Å². The molecule has 0 unspecified atom stereocenters. The molecule has 1 aromatic heterocycles. The minimum atomic E-state index is -0.267. The van der Waals surface area contributed by atoms with Crippen LogP contribution in [0.15, 0.2) is 60.7 Å². The number of hydrogen-bond donors (Lipinski definition) is 0. The van der Waals surface area contributed by atoms with E-state index in [2.05, 4.69) is 21.9 Å². The molecule has 0 amide bonds. The van der Waals surface area contributed by atoms with E-state index in [9.17, 15) is 10.1 Å². The molecule has 28 heavy (non-hydrogen) atoms. The zero-order valence-electron chi connectivity index (χ0n) is 16.2. The predicted molar refractivity (Wildman–Crippen MR) is 113 cm³/mol. The number of nitro benzene ring substituents is 1. The Hall–Kier alpha value is -3.28. The van der Waals surface area contributed by atoms with Gasteiger partial charge in [0.2, 0.25) is 0 Å². The Balaban J connectivity index is 1.59. The van der Waals surface area contributed by atoms with E-state index in [4.69, 9.17) is 0 Å². The van der Waals surface area contributed by atoms with Crippen molar-refractivity contribution in [2.24, 2.45) is 0 Å². The smallest absolute Gasteiger partial charge is 0.294 e. The molecule has 6 heteroatoms. The van der Waals surface area contributed by atoms with Crippen molar-refractivity contribution in [3.8, 4) is 5.69 Å². The number of anilines is 2. The van der Waals surface area contributed by atoms with Gasteiger partial charge < -0.3 is 14.4 Å². The molecule has 2 heterocycles. The van der Waals surface area contributed by atoms with Crippen molar-refractivity contribution in [1.82, 2.24) is 4.57 Å². The van der Waals surface area contributed by atoms with Gasteiger partial charge in [0.15, 0.2) is 0 Å². The van der Waals surface area contributed by atoms with Crippen molar-refractivity contribution >= 4 is 17.1 Å². The average Bonchev–Trinajstić information content (AvgIpc) is 3.06. The standard InChI is InChI=1S/C22H24N4O2/c1-17-8-9-18(2)25(17)20-10-11-21(22(16-20)26(27)28)24-14-12-23(13-15-24)19-6-4-3-5-7-19/h3-11,16H,12-15H2,1-2H3. The number of aryl methyl sites for hydroxylation is 2. The lowest BCUT2D eigenvalue weighted by Gasteiger charge is -2.37. The zero-order valence-corrected chi connectivity index (χ0v) is 16.2. The van der Waals surface area contributed by atoms with Crippen LogP contribution >= 0.6 is 0 Å². The van der Waals surface area contributed by atoms with Crippen LogP contribution in [0.4, 0.5) is 17.1 Å². The maximum atomic E-state index is 11.8. The Morgan fingerprint density at radius 2 is 1.39 bits per heavy atom. The van der Waals surface area contributed by atoms with Crippen molar-refractivity contribution in [2.45, 2.75) is 13.8 Å². The van der Waals surface area contributed by atoms with Crippen molar-refractivity contribution in [2.75, 3.05) is 36.0 Å². The summed E-state index contributed by atoms with van der Waals surface area (Å²) in [6, 6.07) is 19.9. The van der Waals surface area contributed by atoms with Crippen LogP contribution in [0.1, 0.15) is 11.4 Å². The second kappa shape index (κ2) is 7.38. The molecule has 0 bridgehead atoms. The fourth-order valence-electron chi connectivity index (χ4n) is 3.98. The van der Waals surface area contributed by atoms with Gasteiger partial charge in [-0.15, -0.1) is 0 Å². The first-order valence-corrected chi connectivity index (χ1v) is 9.53. The van der Waals surface area contributed by atoms with Crippen molar-refractivity contribution in [3.05, 3.63) is 82.2 Å². The highest BCUT2D eigenvalue weighted by Gasteiger charge is 2.24. The fourth-order valence-corrected chi connectivity index (χ4v) is 3.98. The molecule has 0 radical (unpaired) electrons. The summed E-state index contributed by atoms with van der Waals surface area (Å²) in [7, 11) is 0. The van der Waals surface area contributed by atoms with Crippen LogP contribution < -0.4 is 9.80 Å². The second-order valence-corrected chi connectivity index (χ2v) is 7.19.